The molecule has 1 aliphatic carbocycles. The third kappa shape index (κ3) is 3.42. The number of anilines is 1. The smallest absolute Gasteiger partial charge is 0.198 e. The van der Waals surface area contributed by atoms with Gasteiger partial charge in [-0.1, -0.05) is 5.92 Å². The molecule has 0 spiro atoms. The lowest BCUT2D eigenvalue weighted by atomic mass is 9.93. The van der Waals surface area contributed by atoms with E-state index >= 15 is 0 Å². The van der Waals surface area contributed by atoms with Crippen LogP contribution in [0.2, 0.25) is 0 Å². The molecule has 2 N–H and O–H groups in total. The van der Waals surface area contributed by atoms with Gasteiger partial charge < -0.3 is 14.8 Å². The van der Waals surface area contributed by atoms with E-state index < -0.39 is 0 Å². The number of aliphatic hydroxyl groups is 1. The van der Waals surface area contributed by atoms with Crippen LogP contribution < -0.4 is 5.32 Å². The summed E-state index contributed by atoms with van der Waals surface area (Å²) in [6, 6.07) is 9.95. The van der Waals surface area contributed by atoms with Crippen LogP contribution in [0.1, 0.15) is 38.2 Å². The van der Waals surface area contributed by atoms with E-state index in [9.17, 15) is 5.11 Å². The van der Waals surface area contributed by atoms with E-state index in [1.165, 1.54) is 0 Å². The van der Waals surface area contributed by atoms with Crippen molar-refractivity contribution in [3.8, 4) is 23.4 Å². The second kappa shape index (κ2) is 7.19. The monoisotopic (exact) mass is 347 g/mol. The number of aromatic nitrogens is 2. The molecule has 1 aliphatic rings. The average Bonchev–Trinajstić information content (AvgIpc) is 3.19. The quantitative estimate of drug-likeness (QED) is 0.701. The van der Waals surface area contributed by atoms with Gasteiger partial charge in [0.25, 0.3) is 0 Å². The Balaban J connectivity index is 1.77. The van der Waals surface area contributed by atoms with E-state index in [2.05, 4.69) is 22.1 Å². The SMILES string of the molecule is CC#Cc1ccc2nc(-c3ccco3)nc(NC3CCC(O)CC3)c2c1. The molecule has 0 atom stereocenters. The normalized spacial score (nSPS) is 19.8. The molecule has 1 saturated carbocycles. The summed E-state index contributed by atoms with van der Waals surface area (Å²) in [6.07, 6.45) is 4.93. The van der Waals surface area contributed by atoms with Crippen molar-refractivity contribution in [3.05, 3.63) is 42.2 Å². The fraction of sp³-hybridized carbons (Fsp3) is 0.333. The molecule has 2 heterocycles. The van der Waals surface area contributed by atoms with E-state index in [1.54, 1.807) is 6.26 Å². The predicted octanol–water partition coefficient (Wildman–Crippen LogP) is 3.98. The molecule has 3 aromatic rings. The van der Waals surface area contributed by atoms with Crippen LogP contribution in [-0.2, 0) is 0 Å². The van der Waals surface area contributed by atoms with Crippen molar-refractivity contribution in [1.29, 1.82) is 0 Å². The molecule has 26 heavy (non-hydrogen) atoms. The Morgan fingerprint density at radius 2 is 2.00 bits per heavy atom. The summed E-state index contributed by atoms with van der Waals surface area (Å²) < 4.78 is 5.48. The molecule has 2 aromatic heterocycles. The average molecular weight is 347 g/mol. The van der Waals surface area contributed by atoms with Crippen molar-refractivity contribution in [2.24, 2.45) is 0 Å². The lowest BCUT2D eigenvalue weighted by Gasteiger charge is -2.27. The summed E-state index contributed by atoms with van der Waals surface area (Å²) >= 11 is 0. The molecule has 0 unspecified atom stereocenters. The topological polar surface area (TPSA) is 71.2 Å². The zero-order valence-electron chi connectivity index (χ0n) is 14.7. The summed E-state index contributed by atoms with van der Waals surface area (Å²) in [7, 11) is 0. The van der Waals surface area contributed by atoms with E-state index in [4.69, 9.17) is 9.40 Å². The van der Waals surface area contributed by atoms with E-state index in [0.29, 0.717) is 17.6 Å². The highest BCUT2D eigenvalue weighted by Crippen LogP contribution is 2.29. The van der Waals surface area contributed by atoms with Crippen LogP contribution in [0.25, 0.3) is 22.5 Å². The molecule has 0 radical (unpaired) electrons. The first-order valence-corrected chi connectivity index (χ1v) is 8.96. The number of furan rings is 1. The molecular formula is C21H21N3O2. The zero-order chi connectivity index (χ0) is 17.9. The number of hydrogen-bond donors (Lipinski definition) is 2. The number of aliphatic hydroxyl groups excluding tert-OH is 1. The van der Waals surface area contributed by atoms with Crippen LogP contribution in [0.4, 0.5) is 5.82 Å². The Kier molecular flexibility index (Phi) is 4.59. The second-order valence-corrected chi connectivity index (χ2v) is 6.63. The van der Waals surface area contributed by atoms with Crippen molar-refractivity contribution < 1.29 is 9.52 Å². The molecule has 0 amide bonds. The van der Waals surface area contributed by atoms with Gasteiger partial charge in [0.05, 0.1) is 17.9 Å². The van der Waals surface area contributed by atoms with Crippen LogP contribution >= 0.6 is 0 Å². The van der Waals surface area contributed by atoms with Crippen molar-refractivity contribution in [1.82, 2.24) is 9.97 Å². The highest BCUT2D eigenvalue weighted by molar-refractivity contribution is 5.91. The van der Waals surface area contributed by atoms with Gasteiger partial charge in [0.2, 0.25) is 0 Å². The molecule has 132 valence electrons. The zero-order valence-corrected chi connectivity index (χ0v) is 14.7. The van der Waals surface area contributed by atoms with Gasteiger partial charge in [0.1, 0.15) is 5.82 Å². The molecule has 1 aromatic carbocycles. The highest BCUT2D eigenvalue weighted by atomic mass is 16.3. The first-order valence-electron chi connectivity index (χ1n) is 8.96. The largest absolute Gasteiger partial charge is 0.461 e. The maximum Gasteiger partial charge on any atom is 0.198 e. The summed E-state index contributed by atoms with van der Waals surface area (Å²) in [5.41, 5.74) is 1.79. The fourth-order valence-corrected chi connectivity index (χ4v) is 3.39. The minimum atomic E-state index is -0.180. The first kappa shape index (κ1) is 16.6. The number of fused-ring (bicyclic) bond motifs is 1. The van der Waals surface area contributed by atoms with Gasteiger partial charge in [-0.15, -0.1) is 5.92 Å². The molecule has 0 aliphatic heterocycles. The summed E-state index contributed by atoms with van der Waals surface area (Å²) in [6.45, 7) is 1.83. The van der Waals surface area contributed by atoms with Gasteiger partial charge in [0.15, 0.2) is 11.6 Å². The minimum absolute atomic E-state index is 0.180. The number of rotatable bonds is 3. The number of nitrogens with one attached hydrogen (secondary N) is 1. The molecule has 5 heteroatoms. The fourth-order valence-electron chi connectivity index (χ4n) is 3.39. The Labute approximate surface area is 152 Å². The maximum absolute atomic E-state index is 9.75. The Bertz CT molecular complexity index is 962. The van der Waals surface area contributed by atoms with Crippen LogP contribution in [0.3, 0.4) is 0 Å². The highest BCUT2D eigenvalue weighted by Gasteiger charge is 2.21. The van der Waals surface area contributed by atoms with Crippen molar-refractivity contribution in [2.75, 3.05) is 5.32 Å². The molecule has 1 fully saturated rings. The minimum Gasteiger partial charge on any atom is -0.461 e. The molecule has 0 saturated heterocycles. The molecule has 5 nitrogen and oxygen atoms in total. The Hall–Kier alpha value is -2.84. The van der Waals surface area contributed by atoms with Gasteiger partial charge in [-0.25, -0.2) is 9.97 Å². The van der Waals surface area contributed by atoms with E-state index in [-0.39, 0.29) is 6.10 Å². The van der Waals surface area contributed by atoms with Gasteiger partial charge >= 0.3 is 0 Å². The summed E-state index contributed by atoms with van der Waals surface area (Å²) in [5.74, 6) is 8.03. The number of benzene rings is 1. The van der Waals surface area contributed by atoms with Gasteiger partial charge in [-0.05, 0) is 62.9 Å². The molecule has 0 bridgehead atoms. The van der Waals surface area contributed by atoms with Crippen molar-refractivity contribution in [3.63, 3.8) is 0 Å². The van der Waals surface area contributed by atoms with Crippen LogP contribution in [0.15, 0.2) is 41.0 Å². The standard InChI is InChI=1S/C21H21N3O2/c1-2-4-14-6-11-18-17(13-14)20(22-15-7-9-16(25)10-8-15)24-21(23-18)19-5-3-12-26-19/h3,5-6,11-13,15-16,25H,7-10H2,1H3,(H,22,23,24). The molecule has 4 rings (SSSR count). The van der Waals surface area contributed by atoms with Crippen molar-refractivity contribution >= 4 is 16.7 Å². The van der Waals surface area contributed by atoms with Gasteiger partial charge in [-0.3, -0.25) is 0 Å². The molecular weight excluding hydrogens is 326 g/mol. The van der Waals surface area contributed by atoms with Crippen LogP contribution in [-0.4, -0.2) is 27.2 Å². The van der Waals surface area contributed by atoms with Crippen LogP contribution in [0.5, 0.6) is 0 Å². The van der Waals surface area contributed by atoms with E-state index in [1.807, 2.05) is 37.3 Å². The lowest BCUT2D eigenvalue weighted by molar-refractivity contribution is 0.126. The second-order valence-electron chi connectivity index (χ2n) is 6.63. The predicted molar refractivity (Wildman–Crippen MR) is 102 cm³/mol. The van der Waals surface area contributed by atoms with E-state index in [0.717, 1.165) is 48.0 Å². The lowest BCUT2D eigenvalue weighted by Crippen LogP contribution is -2.28. The third-order valence-corrected chi connectivity index (χ3v) is 4.74. The summed E-state index contributed by atoms with van der Waals surface area (Å²) in [4.78, 5) is 9.38. The van der Waals surface area contributed by atoms with Crippen molar-refractivity contribution in [2.45, 2.75) is 44.8 Å². The first-order chi connectivity index (χ1) is 12.7. The number of nitrogens with zero attached hydrogens (tertiary/aromatic N) is 2. The third-order valence-electron chi connectivity index (χ3n) is 4.74. The maximum atomic E-state index is 9.75. The summed E-state index contributed by atoms with van der Waals surface area (Å²) in [5, 5.41) is 14.3. The van der Waals surface area contributed by atoms with Gasteiger partial charge in [0, 0.05) is 17.0 Å². The number of hydrogen-bond acceptors (Lipinski definition) is 5. The Morgan fingerprint density at radius 3 is 2.73 bits per heavy atom. The van der Waals surface area contributed by atoms with Gasteiger partial charge in [-0.2, -0.15) is 0 Å². The van der Waals surface area contributed by atoms with Crippen LogP contribution in [0, 0.1) is 11.8 Å². The Morgan fingerprint density at radius 1 is 1.15 bits per heavy atom.